The van der Waals surface area contributed by atoms with Gasteiger partial charge in [-0.05, 0) is 116 Å². The van der Waals surface area contributed by atoms with Crippen LogP contribution in [0.5, 0.6) is 0 Å². The molecule has 1 aromatic rings. The van der Waals surface area contributed by atoms with E-state index in [4.69, 9.17) is 0 Å². The van der Waals surface area contributed by atoms with Crippen molar-refractivity contribution in [1.29, 1.82) is 0 Å². The van der Waals surface area contributed by atoms with Crippen molar-refractivity contribution in [1.82, 2.24) is 9.80 Å². The first-order valence-electron chi connectivity index (χ1n) is 15.0. The number of benzene rings is 1. The zero-order valence-electron chi connectivity index (χ0n) is 25.2. The summed E-state index contributed by atoms with van der Waals surface area (Å²) in [4.78, 5) is 5.31. The van der Waals surface area contributed by atoms with Gasteiger partial charge in [-0.2, -0.15) is 0 Å². The van der Waals surface area contributed by atoms with E-state index in [1.54, 1.807) is 5.56 Å². The quantitative estimate of drug-likeness (QED) is 0.357. The molecule has 0 amide bonds. The lowest BCUT2D eigenvalue weighted by atomic mass is 9.83. The fourth-order valence-corrected chi connectivity index (χ4v) is 6.06. The fourth-order valence-electron chi connectivity index (χ4n) is 6.06. The van der Waals surface area contributed by atoms with Gasteiger partial charge < -0.3 is 9.80 Å². The first-order valence-corrected chi connectivity index (χ1v) is 15.0. The van der Waals surface area contributed by atoms with Gasteiger partial charge in [0.2, 0.25) is 0 Å². The molecule has 0 radical (unpaired) electrons. The van der Waals surface area contributed by atoms with Gasteiger partial charge in [-0.25, -0.2) is 0 Å². The number of rotatable bonds is 6. The van der Waals surface area contributed by atoms with E-state index >= 15 is 0 Å². The predicted octanol–water partition coefficient (Wildman–Crippen LogP) is 8.96. The zero-order valence-corrected chi connectivity index (χ0v) is 25.2. The van der Waals surface area contributed by atoms with Gasteiger partial charge in [0.25, 0.3) is 0 Å². The highest BCUT2D eigenvalue weighted by Crippen LogP contribution is 2.33. The Morgan fingerprint density at radius 1 is 0.919 bits per heavy atom. The Labute approximate surface area is 230 Å². The van der Waals surface area contributed by atoms with Crippen LogP contribution in [0.15, 0.2) is 72.4 Å². The summed E-state index contributed by atoms with van der Waals surface area (Å²) < 4.78 is 0. The predicted molar refractivity (Wildman–Crippen MR) is 165 cm³/mol. The van der Waals surface area contributed by atoms with E-state index in [9.17, 15) is 0 Å². The minimum absolute atomic E-state index is 0.576. The summed E-state index contributed by atoms with van der Waals surface area (Å²) in [7, 11) is 2.27. The Balaban J connectivity index is 0.000000291. The molecular formula is C35H56N2. The van der Waals surface area contributed by atoms with Gasteiger partial charge in [-0.1, -0.05) is 98.7 Å². The molecule has 2 unspecified atom stereocenters. The summed E-state index contributed by atoms with van der Waals surface area (Å²) in [6, 6.07) is 10.1. The van der Waals surface area contributed by atoms with Gasteiger partial charge in [0.1, 0.15) is 0 Å². The van der Waals surface area contributed by atoms with E-state index in [-0.39, 0.29) is 0 Å². The van der Waals surface area contributed by atoms with Gasteiger partial charge >= 0.3 is 0 Å². The van der Waals surface area contributed by atoms with Gasteiger partial charge in [0.15, 0.2) is 0 Å². The molecule has 37 heavy (non-hydrogen) atoms. The number of hydrogen-bond acceptors (Lipinski definition) is 2. The molecule has 2 heteroatoms. The minimum atomic E-state index is 0.576. The fraction of sp³-hybridized carbons (Fsp3) is 0.600. The molecule has 206 valence electrons. The maximum absolute atomic E-state index is 3.66. The Bertz CT molecular complexity index is 859. The second kappa shape index (κ2) is 16.8. The van der Waals surface area contributed by atoms with Crippen LogP contribution in [0, 0.1) is 18.8 Å². The SMILES string of the molecule is C=C/C=C/C1C=C(C)C(C)=CC1.CC.CCC(C1CCN(C)CC1)N1CCC(c2ccc(C)cc2)CC1. The van der Waals surface area contributed by atoms with Crippen LogP contribution in [0.1, 0.15) is 90.2 Å². The Hall–Kier alpha value is -1.90. The molecular weight excluding hydrogens is 448 g/mol. The maximum Gasteiger partial charge on any atom is 0.0122 e. The van der Waals surface area contributed by atoms with Crippen molar-refractivity contribution >= 4 is 0 Å². The molecule has 3 aliphatic rings. The van der Waals surface area contributed by atoms with E-state index in [2.05, 4.69) is 93.6 Å². The third-order valence-corrected chi connectivity index (χ3v) is 8.55. The van der Waals surface area contributed by atoms with Crippen molar-refractivity contribution in [2.45, 2.75) is 92.0 Å². The Kier molecular flexibility index (Phi) is 14.3. The maximum atomic E-state index is 3.66. The monoisotopic (exact) mass is 504 g/mol. The molecule has 0 spiro atoms. The van der Waals surface area contributed by atoms with Gasteiger partial charge in [-0.15, -0.1) is 0 Å². The largest absolute Gasteiger partial charge is 0.306 e. The number of hydrogen-bond donors (Lipinski definition) is 0. The van der Waals surface area contributed by atoms with Gasteiger partial charge in [0.05, 0.1) is 0 Å². The number of allylic oxidation sites excluding steroid dienone is 7. The van der Waals surface area contributed by atoms with Crippen LogP contribution in [0.2, 0.25) is 0 Å². The normalized spacial score (nSPS) is 22.7. The average Bonchev–Trinajstić information content (AvgIpc) is 2.93. The van der Waals surface area contributed by atoms with Crippen molar-refractivity contribution in [3.05, 3.63) is 83.5 Å². The standard InChI is InChI=1S/C21H34N2.C12H16.C2H6/c1-4-21(20-9-13-22(3)14-10-20)23-15-11-19(12-16-23)18-7-5-17(2)6-8-18;1-4-5-6-12-8-7-10(2)11(3)9-12;1-2/h5-8,19-21H,4,9-16H2,1-3H3;4-7,9,12H,1,8H2,2-3H3;1-2H3/b;6-5+;. The van der Waals surface area contributed by atoms with Gasteiger partial charge in [0, 0.05) is 6.04 Å². The van der Waals surface area contributed by atoms with E-state index in [1.807, 2.05) is 26.0 Å². The van der Waals surface area contributed by atoms with E-state index < -0.39 is 0 Å². The molecule has 0 N–H and O–H groups in total. The third kappa shape index (κ3) is 10.1. The molecule has 0 bridgehead atoms. The smallest absolute Gasteiger partial charge is 0.0122 e. The number of nitrogens with zero attached hydrogens (tertiary/aromatic N) is 2. The topological polar surface area (TPSA) is 6.48 Å². The van der Waals surface area contributed by atoms with Crippen LogP contribution in [0.3, 0.4) is 0 Å². The molecule has 0 saturated carbocycles. The molecule has 0 aromatic heterocycles. The number of likely N-dealkylation sites (tertiary alicyclic amines) is 2. The lowest BCUT2D eigenvalue weighted by molar-refractivity contribution is 0.0723. The van der Waals surface area contributed by atoms with Crippen molar-refractivity contribution < 1.29 is 0 Å². The van der Waals surface area contributed by atoms with Crippen LogP contribution in [-0.4, -0.2) is 49.1 Å². The number of aryl methyl sites for hydroxylation is 1. The molecule has 1 aliphatic carbocycles. The lowest BCUT2D eigenvalue weighted by Gasteiger charge is -2.43. The third-order valence-electron chi connectivity index (χ3n) is 8.55. The second-order valence-corrected chi connectivity index (χ2v) is 11.1. The molecule has 2 saturated heterocycles. The van der Waals surface area contributed by atoms with Crippen LogP contribution >= 0.6 is 0 Å². The first kappa shape index (κ1) is 31.3. The van der Waals surface area contributed by atoms with Crippen LogP contribution in [0.25, 0.3) is 0 Å². The number of piperidine rings is 2. The Morgan fingerprint density at radius 3 is 2.08 bits per heavy atom. The molecule has 2 nitrogen and oxygen atoms in total. The van der Waals surface area contributed by atoms with Crippen LogP contribution in [-0.2, 0) is 0 Å². The summed E-state index contributed by atoms with van der Waals surface area (Å²) in [6.07, 6.45) is 18.6. The highest BCUT2D eigenvalue weighted by Gasteiger charge is 2.31. The van der Waals surface area contributed by atoms with E-state index in [0.717, 1.165) is 24.3 Å². The molecule has 1 aromatic carbocycles. The molecule has 2 fully saturated rings. The average molecular weight is 505 g/mol. The highest BCUT2D eigenvalue weighted by atomic mass is 15.2. The zero-order chi connectivity index (χ0) is 27.2. The molecule has 4 rings (SSSR count). The summed E-state index contributed by atoms with van der Waals surface area (Å²) >= 11 is 0. The van der Waals surface area contributed by atoms with Crippen molar-refractivity contribution in [3.63, 3.8) is 0 Å². The van der Waals surface area contributed by atoms with Crippen LogP contribution in [0.4, 0.5) is 0 Å². The van der Waals surface area contributed by atoms with Crippen molar-refractivity contribution in [2.24, 2.45) is 11.8 Å². The lowest BCUT2D eigenvalue weighted by Crippen LogP contribution is -2.47. The highest BCUT2D eigenvalue weighted by molar-refractivity contribution is 5.32. The summed E-state index contributed by atoms with van der Waals surface area (Å²) in [5.74, 6) is 2.28. The Morgan fingerprint density at radius 2 is 1.54 bits per heavy atom. The second-order valence-electron chi connectivity index (χ2n) is 11.1. The van der Waals surface area contributed by atoms with E-state index in [0.29, 0.717) is 5.92 Å². The molecule has 2 aliphatic heterocycles. The van der Waals surface area contributed by atoms with Gasteiger partial charge in [-0.3, -0.25) is 0 Å². The van der Waals surface area contributed by atoms with Crippen LogP contribution < -0.4 is 0 Å². The summed E-state index contributed by atoms with van der Waals surface area (Å²) in [5.41, 5.74) is 5.75. The minimum Gasteiger partial charge on any atom is -0.306 e. The van der Waals surface area contributed by atoms with E-state index in [1.165, 1.54) is 75.0 Å². The molecule has 2 heterocycles. The first-order chi connectivity index (χ1) is 17.9. The van der Waals surface area contributed by atoms with Crippen molar-refractivity contribution in [3.8, 4) is 0 Å². The molecule has 2 atom stereocenters. The van der Waals surface area contributed by atoms with Crippen molar-refractivity contribution in [2.75, 3.05) is 33.2 Å². The summed E-state index contributed by atoms with van der Waals surface area (Å²) in [5, 5.41) is 0. The summed E-state index contributed by atoms with van der Waals surface area (Å²) in [6.45, 7) is 21.7.